The van der Waals surface area contributed by atoms with Gasteiger partial charge < -0.3 is 19.5 Å². The molecule has 7 nitrogen and oxygen atoms in total. The van der Waals surface area contributed by atoms with E-state index in [0.717, 1.165) is 17.7 Å². The van der Waals surface area contributed by atoms with Gasteiger partial charge in [0, 0.05) is 37.3 Å². The smallest absolute Gasteiger partial charge is 0.408 e. The minimum absolute atomic E-state index is 0.0215. The topological polar surface area (TPSA) is 80.6 Å². The molecule has 2 aliphatic rings. The molecule has 2 bridgehead atoms. The molecule has 2 amide bonds. The van der Waals surface area contributed by atoms with E-state index in [1.807, 2.05) is 45.9 Å². The number of ether oxygens (including phenoxy) is 1. The van der Waals surface area contributed by atoms with E-state index in [9.17, 15) is 14.4 Å². The minimum atomic E-state index is -0.671. The van der Waals surface area contributed by atoms with E-state index in [1.165, 1.54) is 0 Å². The Hall–Kier alpha value is -3.09. The van der Waals surface area contributed by atoms with Crippen molar-refractivity contribution in [1.82, 2.24) is 14.8 Å². The standard InChI is InChI=1S/C22H25N3O4/c1-15(23-22(28)29-14-16-6-3-2-4-7-16)21(27)24-11-17-10-18(13-24)19-8-5-9-20(26)25(19)12-17/h2-9,15,17-18H,10-14H2,1H3,(H,23,28)/t15-,17+,18-/m1/s1. The second-order valence-corrected chi connectivity index (χ2v) is 7.87. The van der Waals surface area contributed by atoms with Crippen molar-refractivity contribution in [2.75, 3.05) is 13.1 Å². The van der Waals surface area contributed by atoms with Crippen LogP contribution in [0, 0.1) is 5.92 Å². The van der Waals surface area contributed by atoms with E-state index in [0.29, 0.717) is 19.6 Å². The summed E-state index contributed by atoms with van der Waals surface area (Å²) >= 11 is 0. The number of hydrogen-bond acceptors (Lipinski definition) is 4. The van der Waals surface area contributed by atoms with Gasteiger partial charge in [0.15, 0.2) is 0 Å². The summed E-state index contributed by atoms with van der Waals surface area (Å²) in [6.45, 7) is 3.63. The number of fused-ring (bicyclic) bond motifs is 4. The Balaban J connectivity index is 1.35. The summed E-state index contributed by atoms with van der Waals surface area (Å²) in [5.41, 5.74) is 1.90. The lowest BCUT2D eigenvalue weighted by Crippen LogP contribution is -2.54. The predicted molar refractivity (Wildman–Crippen MR) is 107 cm³/mol. The number of hydrogen-bond donors (Lipinski definition) is 1. The fourth-order valence-corrected chi connectivity index (χ4v) is 4.35. The molecule has 7 heteroatoms. The SMILES string of the molecule is C[C@@H](NC(=O)OCc1ccccc1)C(=O)N1C[C@@H]2C[C@H](C1)c1cccc(=O)n1C2. The summed E-state index contributed by atoms with van der Waals surface area (Å²) in [5.74, 6) is 0.281. The molecule has 3 atom stereocenters. The average molecular weight is 395 g/mol. The zero-order chi connectivity index (χ0) is 20.4. The highest BCUT2D eigenvalue weighted by molar-refractivity contribution is 5.85. The summed E-state index contributed by atoms with van der Waals surface area (Å²) in [7, 11) is 0. The average Bonchev–Trinajstić information content (AvgIpc) is 2.73. The van der Waals surface area contributed by atoms with Crippen molar-refractivity contribution in [1.29, 1.82) is 0 Å². The van der Waals surface area contributed by atoms with Crippen molar-refractivity contribution < 1.29 is 14.3 Å². The molecular formula is C22H25N3O4. The molecule has 1 saturated heterocycles. The highest BCUT2D eigenvalue weighted by atomic mass is 16.5. The van der Waals surface area contributed by atoms with Crippen LogP contribution < -0.4 is 10.9 Å². The fourth-order valence-electron chi connectivity index (χ4n) is 4.35. The predicted octanol–water partition coefficient (Wildman–Crippen LogP) is 2.11. The van der Waals surface area contributed by atoms with Crippen molar-refractivity contribution in [3.05, 3.63) is 70.1 Å². The van der Waals surface area contributed by atoms with Crippen LogP contribution in [0.25, 0.3) is 0 Å². The second kappa shape index (κ2) is 8.11. The van der Waals surface area contributed by atoms with Crippen LogP contribution in [-0.2, 0) is 22.7 Å². The number of amides is 2. The molecule has 152 valence electrons. The molecule has 1 N–H and O–H groups in total. The molecular weight excluding hydrogens is 370 g/mol. The van der Waals surface area contributed by atoms with Gasteiger partial charge in [0.1, 0.15) is 12.6 Å². The monoisotopic (exact) mass is 395 g/mol. The Morgan fingerprint density at radius 1 is 1.10 bits per heavy atom. The molecule has 2 aliphatic heterocycles. The number of pyridine rings is 1. The van der Waals surface area contributed by atoms with E-state index in [-0.39, 0.29) is 29.9 Å². The van der Waals surface area contributed by atoms with Crippen LogP contribution in [0.2, 0.25) is 0 Å². The first-order valence-corrected chi connectivity index (χ1v) is 9.97. The maximum atomic E-state index is 12.9. The highest BCUT2D eigenvalue weighted by Gasteiger charge is 2.37. The van der Waals surface area contributed by atoms with Gasteiger partial charge in [-0.25, -0.2) is 4.79 Å². The van der Waals surface area contributed by atoms with Crippen LogP contribution in [0.5, 0.6) is 0 Å². The molecule has 4 rings (SSSR count). The van der Waals surface area contributed by atoms with Gasteiger partial charge in [0.05, 0.1) is 0 Å². The quantitative estimate of drug-likeness (QED) is 0.860. The number of likely N-dealkylation sites (tertiary alicyclic amines) is 1. The number of alkyl carbamates (subject to hydrolysis) is 1. The molecule has 3 heterocycles. The number of aromatic nitrogens is 1. The molecule has 0 saturated carbocycles. The third-order valence-corrected chi connectivity index (χ3v) is 5.71. The van der Waals surface area contributed by atoms with Crippen LogP contribution in [0.1, 0.15) is 30.5 Å². The Bertz CT molecular complexity index is 956. The first-order valence-electron chi connectivity index (χ1n) is 9.97. The fraction of sp³-hybridized carbons (Fsp3) is 0.409. The summed E-state index contributed by atoms with van der Waals surface area (Å²) in [6, 6.07) is 14.1. The van der Waals surface area contributed by atoms with Gasteiger partial charge in [0.25, 0.3) is 5.56 Å². The first-order chi connectivity index (χ1) is 14.0. The second-order valence-electron chi connectivity index (χ2n) is 7.87. The van der Waals surface area contributed by atoms with Crippen molar-refractivity contribution in [2.24, 2.45) is 5.92 Å². The lowest BCUT2D eigenvalue weighted by molar-refractivity contribution is -0.135. The summed E-state index contributed by atoms with van der Waals surface area (Å²) in [4.78, 5) is 38.9. The summed E-state index contributed by atoms with van der Waals surface area (Å²) in [5, 5.41) is 2.63. The number of benzene rings is 1. The molecule has 0 unspecified atom stereocenters. The Labute approximate surface area is 169 Å². The van der Waals surface area contributed by atoms with Gasteiger partial charge in [-0.05, 0) is 30.9 Å². The van der Waals surface area contributed by atoms with Crippen LogP contribution >= 0.6 is 0 Å². The molecule has 0 radical (unpaired) electrons. The normalized spacial score (nSPS) is 21.1. The number of rotatable bonds is 4. The summed E-state index contributed by atoms with van der Waals surface area (Å²) < 4.78 is 7.05. The van der Waals surface area contributed by atoms with Crippen molar-refractivity contribution in [2.45, 2.75) is 38.5 Å². The number of piperidine rings is 1. The maximum absolute atomic E-state index is 12.9. The van der Waals surface area contributed by atoms with Gasteiger partial charge >= 0.3 is 6.09 Å². The van der Waals surface area contributed by atoms with E-state index in [1.54, 1.807) is 19.1 Å². The van der Waals surface area contributed by atoms with Gasteiger partial charge in [-0.2, -0.15) is 0 Å². The van der Waals surface area contributed by atoms with Gasteiger partial charge in [0.2, 0.25) is 5.91 Å². The number of nitrogens with zero attached hydrogens (tertiary/aromatic N) is 2. The molecule has 0 aliphatic carbocycles. The number of carbonyl (C=O) groups is 2. The molecule has 2 aromatic rings. The maximum Gasteiger partial charge on any atom is 0.408 e. The summed E-state index contributed by atoms with van der Waals surface area (Å²) in [6.07, 6.45) is 0.373. The van der Waals surface area contributed by atoms with Gasteiger partial charge in [-0.15, -0.1) is 0 Å². The third kappa shape index (κ3) is 4.18. The third-order valence-electron chi connectivity index (χ3n) is 5.71. The van der Waals surface area contributed by atoms with Gasteiger partial charge in [-0.1, -0.05) is 36.4 Å². The lowest BCUT2D eigenvalue weighted by atomic mass is 9.83. The van der Waals surface area contributed by atoms with E-state index in [2.05, 4.69) is 5.32 Å². The Morgan fingerprint density at radius 3 is 2.69 bits per heavy atom. The van der Waals surface area contributed by atoms with Crippen LogP contribution in [-0.4, -0.2) is 40.6 Å². The largest absolute Gasteiger partial charge is 0.445 e. The Morgan fingerprint density at radius 2 is 1.90 bits per heavy atom. The zero-order valence-corrected chi connectivity index (χ0v) is 16.4. The van der Waals surface area contributed by atoms with Crippen LogP contribution in [0.15, 0.2) is 53.3 Å². The van der Waals surface area contributed by atoms with E-state index < -0.39 is 12.1 Å². The molecule has 1 aromatic heterocycles. The number of carbonyl (C=O) groups excluding carboxylic acids is 2. The molecule has 0 spiro atoms. The van der Waals surface area contributed by atoms with E-state index in [4.69, 9.17) is 4.74 Å². The molecule has 1 fully saturated rings. The first kappa shape index (κ1) is 19.2. The minimum Gasteiger partial charge on any atom is -0.445 e. The van der Waals surface area contributed by atoms with Crippen LogP contribution in [0.4, 0.5) is 4.79 Å². The van der Waals surface area contributed by atoms with Crippen molar-refractivity contribution in [3.63, 3.8) is 0 Å². The molecule has 1 aromatic carbocycles. The Kier molecular flexibility index (Phi) is 5.38. The molecule has 29 heavy (non-hydrogen) atoms. The van der Waals surface area contributed by atoms with Crippen molar-refractivity contribution >= 4 is 12.0 Å². The number of nitrogens with one attached hydrogen (secondary N) is 1. The van der Waals surface area contributed by atoms with Crippen molar-refractivity contribution in [3.8, 4) is 0 Å². The van der Waals surface area contributed by atoms with Crippen LogP contribution in [0.3, 0.4) is 0 Å². The highest BCUT2D eigenvalue weighted by Crippen LogP contribution is 2.35. The van der Waals surface area contributed by atoms with Gasteiger partial charge in [-0.3, -0.25) is 9.59 Å². The lowest BCUT2D eigenvalue weighted by Gasteiger charge is -2.43. The van der Waals surface area contributed by atoms with E-state index >= 15 is 0 Å². The zero-order valence-electron chi connectivity index (χ0n) is 16.4.